The van der Waals surface area contributed by atoms with Crippen LogP contribution in [0, 0.1) is 6.92 Å². The van der Waals surface area contributed by atoms with Gasteiger partial charge in [0.1, 0.15) is 6.29 Å². The molecule has 0 unspecified atom stereocenters. The van der Waals surface area contributed by atoms with Gasteiger partial charge in [-0.25, -0.2) is 0 Å². The number of benzene rings is 2. The van der Waals surface area contributed by atoms with Crippen molar-refractivity contribution in [1.82, 2.24) is 0 Å². The number of carbonyl (C=O) groups excluding carboxylic acids is 1. The minimum atomic E-state index is 0.725. The zero-order valence-corrected chi connectivity index (χ0v) is 11.6. The van der Waals surface area contributed by atoms with Gasteiger partial charge in [-0.05, 0) is 42.3 Å². The highest BCUT2D eigenvalue weighted by Gasteiger charge is 2.01. The van der Waals surface area contributed by atoms with Gasteiger partial charge < -0.3 is 0 Å². The second-order valence-corrected chi connectivity index (χ2v) is 5.51. The molecule has 0 bridgehead atoms. The van der Waals surface area contributed by atoms with E-state index in [1.165, 1.54) is 10.5 Å². The molecular formula is C15H13ClOS. The van der Waals surface area contributed by atoms with Crippen molar-refractivity contribution in [3.05, 3.63) is 64.2 Å². The maximum atomic E-state index is 10.7. The summed E-state index contributed by atoms with van der Waals surface area (Å²) in [5.41, 5.74) is 3.10. The highest BCUT2D eigenvalue weighted by molar-refractivity contribution is 7.98. The molecule has 0 N–H and O–H groups in total. The van der Waals surface area contributed by atoms with Gasteiger partial charge in [0, 0.05) is 21.2 Å². The van der Waals surface area contributed by atoms with Crippen LogP contribution in [0.4, 0.5) is 0 Å². The van der Waals surface area contributed by atoms with Crippen LogP contribution in [-0.2, 0) is 5.75 Å². The van der Waals surface area contributed by atoms with Crippen LogP contribution in [0.3, 0.4) is 0 Å². The fourth-order valence-corrected chi connectivity index (χ4v) is 2.74. The third kappa shape index (κ3) is 3.37. The maximum Gasteiger partial charge on any atom is 0.150 e. The maximum absolute atomic E-state index is 10.7. The summed E-state index contributed by atoms with van der Waals surface area (Å²) >= 11 is 7.61. The fraction of sp³-hybridized carbons (Fsp3) is 0.133. The van der Waals surface area contributed by atoms with Gasteiger partial charge in [0.25, 0.3) is 0 Å². The van der Waals surface area contributed by atoms with E-state index in [0.29, 0.717) is 0 Å². The zero-order chi connectivity index (χ0) is 13.0. The number of hydrogen-bond donors (Lipinski definition) is 0. The SMILES string of the molecule is Cc1cc(C=O)ccc1SCc1ccc(Cl)cc1. The molecule has 0 radical (unpaired) electrons. The molecular weight excluding hydrogens is 264 g/mol. The quantitative estimate of drug-likeness (QED) is 0.592. The Bertz CT molecular complexity index is 549. The van der Waals surface area contributed by atoms with E-state index in [9.17, 15) is 4.79 Å². The lowest BCUT2D eigenvalue weighted by Crippen LogP contribution is -1.86. The Kier molecular flexibility index (Phi) is 4.45. The molecule has 0 fully saturated rings. The van der Waals surface area contributed by atoms with Gasteiger partial charge in [-0.1, -0.05) is 29.8 Å². The molecule has 0 aliphatic heterocycles. The summed E-state index contributed by atoms with van der Waals surface area (Å²) in [5, 5.41) is 0.760. The Morgan fingerprint density at radius 3 is 2.50 bits per heavy atom. The van der Waals surface area contributed by atoms with Crippen LogP contribution < -0.4 is 0 Å². The monoisotopic (exact) mass is 276 g/mol. The third-order valence-corrected chi connectivity index (χ3v) is 4.14. The lowest BCUT2D eigenvalue weighted by molar-refractivity contribution is 0.112. The highest BCUT2D eigenvalue weighted by Crippen LogP contribution is 2.26. The number of thioether (sulfide) groups is 1. The number of hydrogen-bond acceptors (Lipinski definition) is 2. The average Bonchev–Trinajstić information content (AvgIpc) is 2.39. The Balaban J connectivity index is 2.06. The van der Waals surface area contributed by atoms with Gasteiger partial charge in [0.2, 0.25) is 0 Å². The van der Waals surface area contributed by atoms with Gasteiger partial charge in [0.15, 0.2) is 0 Å². The van der Waals surface area contributed by atoms with Crippen molar-refractivity contribution in [3.8, 4) is 0 Å². The number of carbonyl (C=O) groups is 1. The number of rotatable bonds is 4. The molecule has 1 nitrogen and oxygen atoms in total. The molecule has 0 spiro atoms. The van der Waals surface area contributed by atoms with Crippen LogP contribution >= 0.6 is 23.4 Å². The first-order valence-corrected chi connectivity index (χ1v) is 6.98. The Labute approximate surface area is 116 Å². The Hall–Kier alpha value is -1.25. The van der Waals surface area contributed by atoms with Gasteiger partial charge in [0.05, 0.1) is 0 Å². The third-order valence-electron chi connectivity index (χ3n) is 2.64. The Morgan fingerprint density at radius 2 is 1.89 bits per heavy atom. The molecule has 18 heavy (non-hydrogen) atoms. The largest absolute Gasteiger partial charge is 0.298 e. The molecule has 0 saturated carbocycles. The first kappa shape index (κ1) is 13.2. The van der Waals surface area contributed by atoms with Crippen molar-refractivity contribution < 1.29 is 4.79 Å². The predicted molar refractivity (Wildman–Crippen MR) is 77.6 cm³/mol. The van der Waals surface area contributed by atoms with E-state index in [1.54, 1.807) is 11.8 Å². The van der Waals surface area contributed by atoms with Crippen LogP contribution in [0.2, 0.25) is 5.02 Å². The molecule has 0 amide bonds. The van der Waals surface area contributed by atoms with E-state index in [-0.39, 0.29) is 0 Å². The number of aryl methyl sites for hydroxylation is 1. The van der Waals surface area contributed by atoms with E-state index in [0.717, 1.165) is 28.2 Å². The summed E-state index contributed by atoms with van der Waals surface area (Å²) in [6, 6.07) is 13.6. The van der Waals surface area contributed by atoms with Crippen LogP contribution in [0.25, 0.3) is 0 Å². The van der Waals surface area contributed by atoms with Crippen LogP contribution in [-0.4, -0.2) is 6.29 Å². The van der Waals surface area contributed by atoms with Gasteiger partial charge in [-0.15, -0.1) is 11.8 Å². The van der Waals surface area contributed by atoms with Crippen molar-refractivity contribution >= 4 is 29.6 Å². The van der Waals surface area contributed by atoms with Crippen LogP contribution in [0.15, 0.2) is 47.4 Å². The standard InChI is InChI=1S/C15H13ClOS/c1-11-8-13(9-17)4-7-15(11)18-10-12-2-5-14(16)6-3-12/h2-9H,10H2,1H3. The van der Waals surface area contributed by atoms with E-state index < -0.39 is 0 Å². The van der Waals surface area contributed by atoms with E-state index in [1.807, 2.05) is 49.4 Å². The normalized spacial score (nSPS) is 10.3. The van der Waals surface area contributed by atoms with Crippen molar-refractivity contribution in [2.24, 2.45) is 0 Å². The van der Waals surface area contributed by atoms with Crippen molar-refractivity contribution in [2.45, 2.75) is 17.6 Å². The summed E-state index contributed by atoms with van der Waals surface area (Å²) in [6.45, 7) is 2.02. The van der Waals surface area contributed by atoms with Gasteiger partial charge in [-0.3, -0.25) is 4.79 Å². The summed E-state index contributed by atoms with van der Waals surface area (Å²) in [7, 11) is 0. The lowest BCUT2D eigenvalue weighted by atomic mass is 10.2. The molecule has 0 aliphatic carbocycles. The lowest BCUT2D eigenvalue weighted by Gasteiger charge is -2.06. The molecule has 92 valence electrons. The van der Waals surface area contributed by atoms with E-state index in [4.69, 9.17) is 11.6 Å². The number of aldehydes is 1. The van der Waals surface area contributed by atoms with Crippen molar-refractivity contribution in [2.75, 3.05) is 0 Å². The Morgan fingerprint density at radius 1 is 1.17 bits per heavy atom. The second kappa shape index (κ2) is 6.07. The van der Waals surface area contributed by atoms with Gasteiger partial charge >= 0.3 is 0 Å². The molecule has 2 aromatic rings. The van der Waals surface area contributed by atoms with Gasteiger partial charge in [-0.2, -0.15) is 0 Å². The van der Waals surface area contributed by atoms with E-state index >= 15 is 0 Å². The molecule has 2 rings (SSSR count). The van der Waals surface area contributed by atoms with Crippen molar-refractivity contribution in [3.63, 3.8) is 0 Å². The van der Waals surface area contributed by atoms with E-state index in [2.05, 4.69) is 0 Å². The first-order valence-electron chi connectivity index (χ1n) is 5.62. The first-order chi connectivity index (χ1) is 8.69. The molecule has 0 saturated heterocycles. The number of halogens is 1. The predicted octanol–water partition coefficient (Wildman–Crippen LogP) is 4.75. The van der Waals surface area contributed by atoms with Crippen LogP contribution in [0.5, 0.6) is 0 Å². The summed E-state index contributed by atoms with van der Waals surface area (Å²) in [5.74, 6) is 0.901. The smallest absolute Gasteiger partial charge is 0.150 e. The minimum absolute atomic E-state index is 0.725. The van der Waals surface area contributed by atoms with Crippen LogP contribution in [0.1, 0.15) is 21.5 Å². The summed E-state index contributed by atoms with van der Waals surface area (Å²) in [4.78, 5) is 11.9. The molecule has 0 heterocycles. The highest BCUT2D eigenvalue weighted by atomic mass is 35.5. The molecule has 3 heteroatoms. The fourth-order valence-electron chi connectivity index (χ4n) is 1.65. The van der Waals surface area contributed by atoms with Crippen molar-refractivity contribution in [1.29, 1.82) is 0 Å². The summed E-state index contributed by atoms with van der Waals surface area (Å²) < 4.78 is 0. The zero-order valence-electron chi connectivity index (χ0n) is 10.0. The second-order valence-electron chi connectivity index (χ2n) is 4.06. The molecule has 0 aromatic heterocycles. The molecule has 2 aromatic carbocycles. The summed E-state index contributed by atoms with van der Waals surface area (Å²) in [6.07, 6.45) is 0.876. The molecule has 0 atom stereocenters. The minimum Gasteiger partial charge on any atom is -0.298 e. The topological polar surface area (TPSA) is 17.1 Å². The average molecular weight is 277 g/mol. The molecule has 0 aliphatic rings.